The summed E-state index contributed by atoms with van der Waals surface area (Å²) in [5.74, 6) is 0.698. The molecule has 0 unspecified atom stereocenters. The van der Waals surface area contributed by atoms with Crippen molar-refractivity contribution in [3.8, 4) is 0 Å². The lowest BCUT2D eigenvalue weighted by molar-refractivity contribution is 0.849. The van der Waals surface area contributed by atoms with E-state index in [1.807, 2.05) is 24.4 Å². The van der Waals surface area contributed by atoms with Crippen LogP contribution in [0.1, 0.15) is 17.5 Å². The second-order valence-electron chi connectivity index (χ2n) is 4.96. The van der Waals surface area contributed by atoms with Gasteiger partial charge in [0.15, 0.2) is 5.65 Å². The Morgan fingerprint density at radius 1 is 1.15 bits per heavy atom. The molecule has 0 fully saturated rings. The van der Waals surface area contributed by atoms with Crippen LogP contribution in [-0.4, -0.2) is 21.1 Å². The van der Waals surface area contributed by atoms with Crippen LogP contribution >= 0.6 is 0 Å². The molecule has 1 aromatic carbocycles. The van der Waals surface area contributed by atoms with Gasteiger partial charge in [0.25, 0.3) is 0 Å². The lowest BCUT2D eigenvalue weighted by Gasteiger charge is -2.02. The first kappa shape index (κ1) is 12.7. The predicted octanol–water partition coefficient (Wildman–Crippen LogP) is 3.08. The van der Waals surface area contributed by atoms with Crippen LogP contribution in [0.5, 0.6) is 0 Å². The number of nitrogens with zero attached hydrogens (tertiary/aromatic N) is 3. The average molecular weight is 266 g/mol. The zero-order valence-corrected chi connectivity index (χ0v) is 11.6. The summed E-state index contributed by atoms with van der Waals surface area (Å²) in [4.78, 5) is 4.46. The van der Waals surface area contributed by atoms with E-state index in [9.17, 15) is 0 Å². The summed E-state index contributed by atoms with van der Waals surface area (Å²) >= 11 is 0. The molecule has 0 bridgehead atoms. The number of pyridine rings is 1. The number of anilines is 1. The van der Waals surface area contributed by atoms with E-state index in [-0.39, 0.29) is 0 Å². The summed E-state index contributed by atoms with van der Waals surface area (Å²) in [6.07, 6.45) is 4.08. The molecule has 0 saturated heterocycles. The van der Waals surface area contributed by atoms with Gasteiger partial charge in [0.2, 0.25) is 5.95 Å². The fraction of sp³-hybridized carbons (Fsp3) is 0.250. The van der Waals surface area contributed by atoms with Crippen molar-refractivity contribution in [2.45, 2.75) is 19.8 Å². The van der Waals surface area contributed by atoms with Gasteiger partial charge in [0, 0.05) is 12.7 Å². The van der Waals surface area contributed by atoms with Gasteiger partial charge in [0.1, 0.15) is 0 Å². The molecule has 0 radical (unpaired) electrons. The fourth-order valence-corrected chi connectivity index (χ4v) is 2.20. The van der Waals surface area contributed by atoms with Crippen molar-refractivity contribution in [3.05, 3.63) is 59.8 Å². The highest BCUT2D eigenvalue weighted by molar-refractivity contribution is 5.45. The molecule has 2 aromatic heterocycles. The van der Waals surface area contributed by atoms with E-state index < -0.39 is 0 Å². The summed E-state index contributed by atoms with van der Waals surface area (Å²) in [5.41, 5.74) is 3.45. The fourth-order valence-electron chi connectivity index (χ4n) is 2.20. The summed E-state index contributed by atoms with van der Waals surface area (Å²) in [5, 5.41) is 7.67. The van der Waals surface area contributed by atoms with Gasteiger partial charge in [-0.2, -0.15) is 4.98 Å². The molecule has 0 amide bonds. The maximum Gasteiger partial charge on any atom is 0.243 e. The van der Waals surface area contributed by atoms with Crippen LogP contribution in [0.25, 0.3) is 5.65 Å². The maximum absolute atomic E-state index is 4.46. The van der Waals surface area contributed by atoms with Gasteiger partial charge in [-0.3, -0.25) is 0 Å². The average Bonchev–Trinajstić information content (AvgIpc) is 2.86. The Morgan fingerprint density at radius 2 is 2.00 bits per heavy atom. The van der Waals surface area contributed by atoms with Crippen molar-refractivity contribution in [3.63, 3.8) is 0 Å². The Hall–Kier alpha value is -2.36. The molecule has 0 aliphatic carbocycles. The van der Waals surface area contributed by atoms with E-state index in [0.717, 1.165) is 25.0 Å². The van der Waals surface area contributed by atoms with E-state index in [2.05, 4.69) is 46.6 Å². The van der Waals surface area contributed by atoms with E-state index >= 15 is 0 Å². The second kappa shape index (κ2) is 5.74. The van der Waals surface area contributed by atoms with Gasteiger partial charge in [-0.1, -0.05) is 30.3 Å². The second-order valence-corrected chi connectivity index (χ2v) is 4.96. The molecule has 102 valence electrons. The van der Waals surface area contributed by atoms with Crippen LogP contribution in [0.4, 0.5) is 5.95 Å². The van der Waals surface area contributed by atoms with Crippen LogP contribution < -0.4 is 5.32 Å². The molecule has 0 aliphatic heterocycles. The van der Waals surface area contributed by atoms with E-state index in [4.69, 9.17) is 0 Å². The van der Waals surface area contributed by atoms with Crippen molar-refractivity contribution in [1.29, 1.82) is 0 Å². The topological polar surface area (TPSA) is 42.2 Å². The quantitative estimate of drug-likeness (QED) is 0.722. The van der Waals surface area contributed by atoms with Crippen molar-refractivity contribution in [1.82, 2.24) is 14.6 Å². The van der Waals surface area contributed by atoms with Crippen LogP contribution in [0, 0.1) is 6.92 Å². The molecule has 3 aromatic rings. The summed E-state index contributed by atoms with van der Waals surface area (Å²) in [6, 6.07) is 14.6. The zero-order chi connectivity index (χ0) is 13.8. The molecule has 0 spiro atoms. The van der Waals surface area contributed by atoms with Gasteiger partial charge in [0.05, 0.1) is 0 Å². The van der Waals surface area contributed by atoms with Gasteiger partial charge in [-0.05, 0) is 43.0 Å². The van der Waals surface area contributed by atoms with Gasteiger partial charge in [-0.25, -0.2) is 4.52 Å². The van der Waals surface area contributed by atoms with Gasteiger partial charge in [-0.15, -0.1) is 5.10 Å². The highest BCUT2D eigenvalue weighted by atomic mass is 15.3. The predicted molar refractivity (Wildman–Crippen MR) is 81.0 cm³/mol. The van der Waals surface area contributed by atoms with E-state index in [0.29, 0.717) is 5.95 Å². The van der Waals surface area contributed by atoms with Crippen LogP contribution in [-0.2, 0) is 6.42 Å². The van der Waals surface area contributed by atoms with E-state index in [1.165, 1.54) is 11.1 Å². The summed E-state index contributed by atoms with van der Waals surface area (Å²) in [7, 11) is 0. The molecule has 0 aliphatic rings. The van der Waals surface area contributed by atoms with Crippen molar-refractivity contribution in [2.24, 2.45) is 0 Å². The number of rotatable bonds is 5. The zero-order valence-electron chi connectivity index (χ0n) is 11.6. The minimum absolute atomic E-state index is 0.698. The largest absolute Gasteiger partial charge is 0.353 e. The Bertz CT molecular complexity index is 688. The van der Waals surface area contributed by atoms with Gasteiger partial charge < -0.3 is 5.32 Å². The van der Waals surface area contributed by atoms with Crippen LogP contribution in [0.15, 0.2) is 48.7 Å². The number of fused-ring (bicyclic) bond motifs is 1. The summed E-state index contributed by atoms with van der Waals surface area (Å²) in [6.45, 7) is 2.94. The smallest absolute Gasteiger partial charge is 0.243 e. The number of nitrogens with one attached hydrogen (secondary N) is 1. The van der Waals surface area contributed by atoms with Crippen molar-refractivity contribution >= 4 is 11.6 Å². The molecular weight excluding hydrogens is 248 g/mol. The Balaban J connectivity index is 1.55. The molecule has 4 heteroatoms. The molecule has 3 rings (SSSR count). The lowest BCUT2D eigenvalue weighted by Crippen LogP contribution is -2.04. The maximum atomic E-state index is 4.46. The standard InChI is InChI=1S/C16H18N4/c1-13-9-11-20-15(12-13)18-16(19-20)17-10-5-8-14-6-3-2-4-7-14/h2-4,6-7,9,11-12H,5,8,10H2,1H3,(H,17,19). The normalized spacial score (nSPS) is 10.8. The first-order valence-corrected chi connectivity index (χ1v) is 6.92. The van der Waals surface area contributed by atoms with Crippen molar-refractivity contribution in [2.75, 3.05) is 11.9 Å². The molecule has 2 heterocycles. The van der Waals surface area contributed by atoms with Crippen LogP contribution in [0.3, 0.4) is 0 Å². The Kier molecular flexibility index (Phi) is 3.63. The highest BCUT2D eigenvalue weighted by Gasteiger charge is 2.02. The summed E-state index contributed by atoms with van der Waals surface area (Å²) < 4.78 is 1.80. The SMILES string of the molecule is Cc1ccn2nc(NCCCc3ccccc3)nc2c1. The molecule has 1 N–H and O–H groups in total. The van der Waals surface area contributed by atoms with E-state index in [1.54, 1.807) is 4.52 Å². The minimum atomic E-state index is 0.698. The third-order valence-electron chi connectivity index (χ3n) is 3.26. The minimum Gasteiger partial charge on any atom is -0.353 e. The first-order valence-electron chi connectivity index (χ1n) is 6.92. The lowest BCUT2D eigenvalue weighted by atomic mass is 10.1. The molecule has 4 nitrogen and oxygen atoms in total. The first-order chi connectivity index (χ1) is 9.81. The number of hydrogen-bond acceptors (Lipinski definition) is 3. The molecule has 20 heavy (non-hydrogen) atoms. The number of hydrogen-bond donors (Lipinski definition) is 1. The number of aryl methyl sites for hydroxylation is 2. The third kappa shape index (κ3) is 2.96. The van der Waals surface area contributed by atoms with Crippen molar-refractivity contribution < 1.29 is 0 Å². The Morgan fingerprint density at radius 3 is 2.85 bits per heavy atom. The highest BCUT2D eigenvalue weighted by Crippen LogP contribution is 2.08. The Labute approximate surface area is 118 Å². The number of benzene rings is 1. The third-order valence-corrected chi connectivity index (χ3v) is 3.26. The molecule has 0 atom stereocenters. The molecular formula is C16H18N4. The van der Waals surface area contributed by atoms with Gasteiger partial charge >= 0.3 is 0 Å². The van der Waals surface area contributed by atoms with Crippen LogP contribution in [0.2, 0.25) is 0 Å². The molecule has 0 saturated carbocycles. The monoisotopic (exact) mass is 266 g/mol. The number of aromatic nitrogens is 3.